The number of nitrogens with zero attached hydrogens (tertiary/aromatic N) is 1. The van der Waals surface area contributed by atoms with Crippen molar-refractivity contribution in [1.82, 2.24) is 0 Å². The number of nitrogens with two attached hydrogens (primary N) is 1. The Balaban J connectivity index is 2.35. The van der Waals surface area contributed by atoms with E-state index in [2.05, 4.69) is 0 Å². The zero-order valence-corrected chi connectivity index (χ0v) is 16.4. The van der Waals surface area contributed by atoms with E-state index in [0.717, 1.165) is 0 Å². The van der Waals surface area contributed by atoms with E-state index in [1.165, 1.54) is 0 Å². The summed E-state index contributed by atoms with van der Waals surface area (Å²) >= 11 is 12.8. The maximum absolute atomic E-state index is 12.9. The Kier molecular flexibility index (Phi) is 5.93. The predicted molar refractivity (Wildman–Crippen MR) is 107 cm³/mol. The van der Waals surface area contributed by atoms with Crippen LogP contribution in [0.2, 0.25) is 10.0 Å². The molecule has 0 bridgehead atoms. The van der Waals surface area contributed by atoms with E-state index in [1.807, 2.05) is 12.1 Å². The number of nitriles is 1. The normalized spacial score (nSPS) is 16.4. The standard InChI is InChI=1S/C21H16Cl2N2O3/c1-2-27-21(26)18-16(17-14(22)9-6-10-15(17)23)13(11-24)20(25)28-19(18)12-7-4-3-5-8-12/h3-10,16H,2,25H2,1H3. The maximum atomic E-state index is 12.9. The molecule has 0 saturated heterocycles. The number of benzene rings is 2. The Morgan fingerprint density at radius 1 is 1.18 bits per heavy atom. The van der Waals surface area contributed by atoms with Crippen molar-refractivity contribution in [2.45, 2.75) is 12.8 Å². The number of ether oxygens (including phenoxy) is 2. The minimum absolute atomic E-state index is 0.0396. The third-order valence-corrected chi connectivity index (χ3v) is 4.90. The number of esters is 1. The zero-order chi connectivity index (χ0) is 20.3. The molecule has 1 heterocycles. The average molecular weight is 415 g/mol. The molecule has 0 fully saturated rings. The highest BCUT2D eigenvalue weighted by atomic mass is 35.5. The summed E-state index contributed by atoms with van der Waals surface area (Å²) in [7, 11) is 0. The van der Waals surface area contributed by atoms with Crippen LogP contribution in [-0.2, 0) is 14.3 Å². The van der Waals surface area contributed by atoms with E-state index in [4.69, 9.17) is 38.4 Å². The summed E-state index contributed by atoms with van der Waals surface area (Å²) in [5.41, 5.74) is 7.21. The van der Waals surface area contributed by atoms with Gasteiger partial charge in [0, 0.05) is 21.2 Å². The molecule has 0 aromatic heterocycles. The summed E-state index contributed by atoms with van der Waals surface area (Å²) < 4.78 is 11.0. The number of carbonyl (C=O) groups is 1. The summed E-state index contributed by atoms with van der Waals surface area (Å²) in [5, 5.41) is 10.3. The second-order valence-corrected chi connectivity index (χ2v) is 6.70. The largest absolute Gasteiger partial charge is 0.463 e. The Morgan fingerprint density at radius 3 is 2.39 bits per heavy atom. The number of carbonyl (C=O) groups excluding carboxylic acids is 1. The zero-order valence-electron chi connectivity index (χ0n) is 14.9. The van der Waals surface area contributed by atoms with Crippen LogP contribution in [0.5, 0.6) is 0 Å². The topological polar surface area (TPSA) is 85.3 Å². The van der Waals surface area contributed by atoms with Crippen LogP contribution >= 0.6 is 23.2 Å². The molecule has 1 unspecified atom stereocenters. The van der Waals surface area contributed by atoms with Crippen molar-refractivity contribution >= 4 is 34.9 Å². The fourth-order valence-electron chi connectivity index (χ4n) is 3.06. The second-order valence-electron chi connectivity index (χ2n) is 5.89. The van der Waals surface area contributed by atoms with Crippen molar-refractivity contribution in [3.63, 3.8) is 0 Å². The van der Waals surface area contributed by atoms with Gasteiger partial charge in [0.2, 0.25) is 5.88 Å². The Hall–Kier alpha value is -2.94. The van der Waals surface area contributed by atoms with Crippen LogP contribution in [0.25, 0.3) is 5.76 Å². The van der Waals surface area contributed by atoms with Gasteiger partial charge in [0.1, 0.15) is 17.4 Å². The molecule has 5 nitrogen and oxygen atoms in total. The molecule has 2 aromatic carbocycles. The van der Waals surface area contributed by atoms with Crippen molar-refractivity contribution in [3.8, 4) is 6.07 Å². The molecule has 0 radical (unpaired) electrons. The van der Waals surface area contributed by atoms with Gasteiger partial charge in [-0.1, -0.05) is 59.6 Å². The Labute approximate surface area is 172 Å². The second kappa shape index (κ2) is 8.39. The lowest BCUT2D eigenvalue weighted by Gasteiger charge is -2.29. The highest BCUT2D eigenvalue weighted by Crippen LogP contribution is 2.46. The maximum Gasteiger partial charge on any atom is 0.338 e. The molecule has 0 aliphatic carbocycles. The fraction of sp³-hybridized carbons (Fsp3) is 0.143. The molecule has 7 heteroatoms. The molecule has 2 aromatic rings. The quantitative estimate of drug-likeness (QED) is 0.727. The van der Waals surface area contributed by atoms with E-state index in [0.29, 0.717) is 21.2 Å². The van der Waals surface area contributed by atoms with Crippen molar-refractivity contribution in [2.24, 2.45) is 5.73 Å². The average Bonchev–Trinajstić information content (AvgIpc) is 2.68. The first-order valence-electron chi connectivity index (χ1n) is 8.47. The van der Waals surface area contributed by atoms with Crippen LogP contribution in [0.4, 0.5) is 0 Å². The van der Waals surface area contributed by atoms with Gasteiger partial charge in [-0.15, -0.1) is 0 Å². The van der Waals surface area contributed by atoms with E-state index in [-0.39, 0.29) is 29.4 Å². The summed E-state index contributed by atoms with van der Waals surface area (Å²) in [4.78, 5) is 12.9. The van der Waals surface area contributed by atoms with Crippen molar-refractivity contribution < 1.29 is 14.3 Å². The monoisotopic (exact) mass is 414 g/mol. The smallest absolute Gasteiger partial charge is 0.338 e. The first-order chi connectivity index (χ1) is 13.5. The van der Waals surface area contributed by atoms with E-state index in [9.17, 15) is 10.1 Å². The summed E-state index contributed by atoms with van der Waals surface area (Å²) in [6.07, 6.45) is 0. The lowest BCUT2D eigenvalue weighted by atomic mass is 9.82. The molecule has 0 spiro atoms. The minimum Gasteiger partial charge on any atom is -0.463 e. The van der Waals surface area contributed by atoms with Gasteiger partial charge in [-0.2, -0.15) is 5.26 Å². The molecule has 0 saturated carbocycles. The van der Waals surface area contributed by atoms with Gasteiger partial charge in [-0.05, 0) is 19.1 Å². The van der Waals surface area contributed by atoms with Crippen LogP contribution in [0.15, 0.2) is 65.6 Å². The SMILES string of the molecule is CCOC(=O)C1=C(c2ccccc2)OC(N)=C(C#N)C1c1c(Cl)cccc1Cl. The van der Waals surface area contributed by atoms with Crippen LogP contribution in [0.3, 0.4) is 0 Å². The van der Waals surface area contributed by atoms with Crippen LogP contribution < -0.4 is 5.73 Å². The number of hydrogen-bond donors (Lipinski definition) is 1. The van der Waals surface area contributed by atoms with Gasteiger partial charge in [-0.25, -0.2) is 4.79 Å². The lowest BCUT2D eigenvalue weighted by Crippen LogP contribution is -2.26. The van der Waals surface area contributed by atoms with Gasteiger partial charge >= 0.3 is 5.97 Å². The van der Waals surface area contributed by atoms with Crippen molar-refractivity contribution in [1.29, 1.82) is 5.26 Å². The molecule has 3 rings (SSSR count). The summed E-state index contributed by atoms with van der Waals surface area (Å²) in [6.45, 7) is 1.84. The van der Waals surface area contributed by atoms with Gasteiger partial charge < -0.3 is 15.2 Å². The van der Waals surface area contributed by atoms with E-state index < -0.39 is 11.9 Å². The summed E-state index contributed by atoms with van der Waals surface area (Å²) in [5.74, 6) is -1.47. The fourth-order valence-corrected chi connectivity index (χ4v) is 3.67. The van der Waals surface area contributed by atoms with Gasteiger partial charge in [-0.3, -0.25) is 0 Å². The third kappa shape index (κ3) is 3.57. The van der Waals surface area contributed by atoms with Crippen LogP contribution in [-0.4, -0.2) is 12.6 Å². The summed E-state index contributed by atoms with van der Waals surface area (Å²) in [6, 6.07) is 15.9. The van der Waals surface area contributed by atoms with Crippen molar-refractivity contribution in [3.05, 3.63) is 86.7 Å². The first-order valence-corrected chi connectivity index (χ1v) is 9.23. The minimum atomic E-state index is -0.922. The van der Waals surface area contributed by atoms with Crippen LogP contribution in [0, 0.1) is 11.3 Å². The molecule has 0 amide bonds. The molecular formula is C21H16Cl2N2O3. The molecule has 28 heavy (non-hydrogen) atoms. The highest BCUT2D eigenvalue weighted by molar-refractivity contribution is 6.36. The molecule has 1 atom stereocenters. The molecular weight excluding hydrogens is 399 g/mol. The van der Waals surface area contributed by atoms with E-state index >= 15 is 0 Å². The Morgan fingerprint density at radius 2 is 1.82 bits per heavy atom. The number of rotatable bonds is 4. The molecule has 1 aliphatic rings. The van der Waals surface area contributed by atoms with Crippen LogP contribution in [0.1, 0.15) is 24.0 Å². The number of hydrogen-bond acceptors (Lipinski definition) is 5. The third-order valence-electron chi connectivity index (χ3n) is 4.24. The Bertz CT molecular complexity index is 1000. The van der Waals surface area contributed by atoms with Crippen molar-refractivity contribution in [2.75, 3.05) is 6.61 Å². The molecule has 142 valence electrons. The first kappa shape index (κ1) is 19.8. The van der Waals surface area contributed by atoms with E-state index in [1.54, 1.807) is 49.4 Å². The predicted octanol–water partition coefficient (Wildman–Crippen LogP) is 4.78. The number of halogens is 2. The molecule has 1 aliphatic heterocycles. The van der Waals surface area contributed by atoms with Gasteiger partial charge in [0.15, 0.2) is 0 Å². The van der Waals surface area contributed by atoms with Gasteiger partial charge in [0.05, 0.1) is 18.1 Å². The molecule has 2 N–H and O–H groups in total. The van der Waals surface area contributed by atoms with Gasteiger partial charge in [0.25, 0.3) is 0 Å². The number of allylic oxidation sites excluding steroid dienone is 1. The lowest BCUT2D eigenvalue weighted by molar-refractivity contribution is -0.138. The highest BCUT2D eigenvalue weighted by Gasteiger charge is 2.40.